The van der Waals surface area contributed by atoms with E-state index in [4.69, 9.17) is 0 Å². The summed E-state index contributed by atoms with van der Waals surface area (Å²) in [7, 11) is 8.27. The van der Waals surface area contributed by atoms with Crippen LogP contribution in [0.1, 0.15) is 0 Å². The molecule has 0 aliphatic carbocycles. The standard InChI is InChI=1S/C12H24S8/c1-2-14-6-10-18-20-12-8-16-4-3-15-7-11-19-17-9-5-13-1/h1-12H2. The molecule has 120 valence electrons. The fourth-order valence-electron chi connectivity index (χ4n) is 1.25. The second-order valence-corrected chi connectivity index (χ2v) is 14.0. The Hall–Kier alpha value is 2.80. The Morgan fingerprint density at radius 2 is 0.450 bits per heavy atom. The predicted molar refractivity (Wildman–Crippen MR) is 119 cm³/mol. The van der Waals surface area contributed by atoms with Crippen molar-refractivity contribution in [1.82, 2.24) is 0 Å². The number of thioether (sulfide) groups is 4. The SMILES string of the molecule is C1CSCCSSCCSCCSCCSSCCS1. The van der Waals surface area contributed by atoms with Crippen LogP contribution in [-0.4, -0.2) is 69.0 Å². The Morgan fingerprint density at radius 1 is 0.250 bits per heavy atom. The van der Waals surface area contributed by atoms with E-state index in [1.165, 1.54) is 69.0 Å². The topological polar surface area (TPSA) is 0 Å². The molecule has 1 fully saturated rings. The van der Waals surface area contributed by atoms with Crippen molar-refractivity contribution in [1.29, 1.82) is 0 Å². The van der Waals surface area contributed by atoms with E-state index in [-0.39, 0.29) is 0 Å². The lowest BCUT2D eigenvalue weighted by Crippen LogP contribution is -1.93. The van der Waals surface area contributed by atoms with E-state index in [1.807, 2.05) is 0 Å². The first-order valence-corrected chi connectivity index (χ1v) is 16.4. The van der Waals surface area contributed by atoms with Crippen molar-refractivity contribution in [3.63, 3.8) is 0 Å². The molecule has 1 aliphatic heterocycles. The summed E-state index contributed by atoms with van der Waals surface area (Å²) in [6.45, 7) is 0. The van der Waals surface area contributed by atoms with Gasteiger partial charge in [0.05, 0.1) is 0 Å². The number of rotatable bonds is 0. The average molecular weight is 425 g/mol. The highest BCUT2D eigenvalue weighted by Gasteiger charge is 1.97. The maximum absolute atomic E-state index is 2.13. The highest BCUT2D eigenvalue weighted by atomic mass is 33.1. The van der Waals surface area contributed by atoms with Gasteiger partial charge in [-0.05, 0) is 0 Å². The Morgan fingerprint density at radius 3 is 0.700 bits per heavy atom. The van der Waals surface area contributed by atoms with Crippen LogP contribution in [-0.2, 0) is 0 Å². The lowest BCUT2D eigenvalue weighted by Gasteiger charge is -2.05. The summed E-state index contributed by atoms with van der Waals surface area (Å²) in [5.41, 5.74) is 0. The summed E-state index contributed by atoms with van der Waals surface area (Å²) in [5.74, 6) is 15.9. The fraction of sp³-hybridized carbons (Fsp3) is 1.00. The molecule has 1 aliphatic rings. The van der Waals surface area contributed by atoms with Crippen LogP contribution in [0.15, 0.2) is 0 Å². The van der Waals surface area contributed by atoms with Gasteiger partial charge >= 0.3 is 0 Å². The van der Waals surface area contributed by atoms with Crippen molar-refractivity contribution >= 4 is 90.2 Å². The summed E-state index contributed by atoms with van der Waals surface area (Å²) >= 11 is 8.51. The molecule has 0 nitrogen and oxygen atoms in total. The van der Waals surface area contributed by atoms with Gasteiger partial charge in [0.25, 0.3) is 0 Å². The van der Waals surface area contributed by atoms with Crippen molar-refractivity contribution in [2.75, 3.05) is 69.0 Å². The Labute approximate surface area is 158 Å². The van der Waals surface area contributed by atoms with Gasteiger partial charge in [-0.3, -0.25) is 0 Å². The van der Waals surface area contributed by atoms with E-state index < -0.39 is 0 Å². The Balaban J connectivity index is 2.00. The van der Waals surface area contributed by atoms with E-state index in [9.17, 15) is 0 Å². The van der Waals surface area contributed by atoms with E-state index in [1.54, 1.807) is 0 Å². The molecule has 0 aromatic rings. The summed E-state index contributed by atoms with van der Waals surface area (Å²) in [6, 6.07) is 0. The van der Waals surface area contributed by atoms with Crippen molar-refractivity contribution in [2.45, 2.75) is 0 Å². The molecule has 1 rings (SSSR count). The van der Waals surface area contributed by atoms with E-state index in [2.05, 4.69) is 90.2 Å². The van der Waals surface area contributed by atoms with Gasteiger partial charge in [0.2, 0.25) is 0 Å². The summed E-state index contributed by atoms with van der Waals surface area (Å²) in [6.07, 6.45) is 0. The van der Waals surface area contributed by atoms with Gasteiger partial charge in [0.1, 0.15) is 0 Å². The minimum Gasteiger partial charge on any atom is -0.160 e. The quantitative estimate of drug-likeness (QED) is 0.449. The van der Waals surface area contributed by atoms with Crippen LogP contribution in [0.25, 0.3) is 0 Å². The third-order valence-electron chi connectivity index (χ3n) is 2.15. The second-order valence-electron chi connectivity index (χ2n) is 3.74. The van der Waals surface area contributed by atoms with E-state index in [0.717, 1.165) is 0 Å². The molecular weight excluding hydrogens is 401 g/mol. The molecule has 0 aromatic heterocycles. The molecule has 0 aromatic carbocycles. The second kappa shape index (κ2) is 18.1. The zero-order valence-corrected chi connectivity index (χ0v) is 18.3. The van der Waals surface area contributed by atoms with Crippen LogP contribution < -0.4 is 0 Å². The van der Waals surface area contributed by atoms with E-state index >= 15 is 0 Å². The fourth-order valence-corrected chi connectivity index (χ4v) is 11.3. The van der Waals surface area contributed by atoms with Crippen molar-refractivity contribution in [3.8, 4) is 0 Å². The molecule has 8 heteroatoms. The highest BCUT2D eigenvalue weighted by molar-refractivity contribution is 8.77. The van der Waals surface area contributed by atoms with Gasteiger partial charge < -0.3 is 0 Å². The average Bonchev–Trinajstić information content (AvgIpc) is 2.46. The van der Waals surface area contributed by atoms with Gasteiger partial charge in [0.15, 0.2) is 0 Å². The maximum atomic E-state index is 2.13. The molecule has 1 heterocycles. The smallest absolute Gasteiger partial charge is 0.0128 e. The number of hydrogen-bond donors (Lipinski definition) is 0. The first-order chi connectivity index (χ1) is 10.0. The van der Waals surface area contributed by atoms with Gasteiger partial charge in [-0.2, -0.15) is 47.0 Å². The third-order valence-corrected chi connectivity index (χ3v) is 12.5. The summed E-state index contributed by atoms with van der Waals surface area (Å²) in [4.78, 5) is 0. The van der Waals surface area contributed by atoms with Gasteiger partial charge in [-0.25, -0.2) is 0 Å². The normalized spacial score (nSPS) is 24.0. The molecule has 20 heavy (non-hydrogen) atoms. The lowest BCUT2D eigenvalue weighted by atomic mass is 10.9. The van der Waals surface area contributed by atoms with Crippen molar-refractivity contribution in [3.05, 3.63) is 0 Å². The minimum absolute atomic E-state index is 1.31. The molecule has 0 radical (unpaired) electrons. The maximum Gasteiger partial charge on any atom is 0.0128 e. The van der Waals surface area contributed by atoms with E-state index in [0.29, 0.717) is 0 Å². The summed E-state index contributed by atoms with van der Waals surface area (Å²) < 4.78 is 0. The van der Waals surface area contributed by atoms with Crippen LogP contribution >= 0.6 is 90.2 Å². The van der Waals surface area contributed by atoms with Crippen LogP contribution in [0.4, 0.5) is 0 Å². The lowest BCUT2D eigenvalue weighted by molar-refractivity contribution is 1.46. The molecule has 1 saturated heterocycles. The van der Waals surface area contributed by atoms with Crippen LogP contribution in [0.2, 0.25) is 0 Å². The zero-order chi connectivity index (χ0) is 14.1. The van der Waals surface area contributed by atoms with Gasteiger partial charge in [-0.15, -0.1) is 0 Å². The molecule has 0 N–H and O–H groups in total. The third kappa shape index (κ3) is 15.7. The molecular formula is C12H24S8. The van der Waals surface area contributed by atoms with Gasteiger partial charge in [0, 0.05) is 69.0 Å². The van der Waals surface area contributed by atoms with Crippen LogP contribution in [0.5, 0.6) is 0 Å². The first-order valence-electron chi connectivity index (χ1n) is 6.80. The van der Waals surface area contributed by atoms with Crippen molar-refractivity contribution in [2.24, 2.45) is 0 Å². The molecule has 0 spiro atoms. The minimum atomic E-state index is 1.31. The van der Waals surface area contributed by atoms with Crippen molar-refractivity contribution < 1.29 is 0 Å². The monoisotopic (exact) mass is 424 g/mol. The first kappa shape index (κ1) is 20.8. The van der Waals surface area contributed by atoms with Gasteiger partial charge in [-0.1, -0.05) is 43.2 Å². The Bertz CT molecular complexity index is 106. The summed E-state index contributed by atoms with van der Waals surface area (Å²) in [5, 5.41) is 0. The molecule has 0 saturated carbocycles. The largest absolute Gasteiger partial charge is 0.160 e. The van der Waals surface area contributed by atoms with Crippen LogP contribution in [0, 0.1) is 0 Å². The molecule has 0 amide bonds. The Kier molecular flexibility index (Phi) is 18.9. The molecule has 0 bridgehead atoms. The van der Waals surface area contributed by atoms with Crippen LogP contribution in [0.3, 0.4) is 0 Å². The highest BCUT2D eigenvalue weighted by Crippen LogP contribution is 2.25. The molecule has 0 atom stereocenters. The zero-order valence-electron chi connectivity index (χ0n) is 11.8. The number of hydrogen-bond acceptors (Lipinski definition) is 8. The predicted octanol–water partition coefficient (Wildman–Crippen LogP) is 5.70. The molecule has 0 unspecified atom stereocenters.